The average molecular weight is 211 g/mol. The van der Waals surface area contributed by atoms with E-state index in [4.69, 9.17) is 5.11 Å². The summed E-state index contributed by atoms with van der Waals surface area (Å²) >= 11 is 0. The fourth-order valence-electron chi connectivity index (χ4n) is 1.48. The van der Waals surface area contributed by atoms with E-state index in [-0.39, 0.29) is 6.04 Å². The summed E-state index contributed by atoms with van der Waals surface area (Å²) in [6.45, 7) is 5.53. The molecule has 1 heterocycles. The SMILES string of the molecule is Cc1c(C(C)NC(C)C(=O)O)cnn1C. The Kier molecular flexibility index (Phi) is 3.47. The van der Waals surface area contributed by atoms with Crippen molar-refractivity contribution in [1.82, 2.24) is 15.1 Å². The third-order valence-corrected chi connectivity index (χ3v) is 2.61. The van der Waals surface area contributed by atoms with E-state index >= 15 is 0 Å². The summed E-state index contributed by atoms with van der Waals surface area (Å²) in [5.41, 5.74) is 2.08. The van der Waals surface area contributed by atoms with Gasteiger partial charge in [-0.2, -0.15) is 5.10 Å². The molecule has 1 aromatic rings. The second kappa shape index (κ2) is 4.44. The Morgan fingerprint density at radius 2 is 2.20 bits per heavy atom. The lowest BCUT2D eigenvalue weighted by molar-refractivity contribution is -0.139. The zero-order valence-electron chi connectivity index (χ0n) is 9.48. The number of nitrogens with zero attached hydrogens (tertiary/aromatic N) is 2. The predicted octanol–water partition coefficient (Wildman–Crippen LogP) is 0.852. The van der Waals surface area contributed by atoms with Crippen LogP contribution in [-0.4, -0.2) is 26.9 Å². The van der Waals surface area contributed by atoms with Crippen LogP contribution < -0.4 is 5.32 Å². The molecule has 0 amide bonds. The van der Waals surface area contributed by atoms with Crippen LogP contribution in [0, 0.1) is 6.92 Å². The van der Waals surface area contributed by atoms with Crippen molar-refractivity contribution in [3.8, 4) is 0 Å². The van der Waals surface area contributed by atoms with Crippen molar-refractivity contribution < 1.29 is 9.90 Å². The first kappa shape index (κ1) is 11.7. The van der Waals surface area contributed by atoms with Crippen LogP contribution in [0.1, 0.15) is 31.1 Å². The number of hydrogen-bond acceptors (Lipinski definition) is 3. The molecule has 0 fully saturated rings. The summed E-state index contributed by atoms with van der Waals surface area (Å²) in [4.78, 5) is 10.7. The molecule has 0 radical (unpaired) electrons. The molecule has 2 atom stereocenters. The van der Waals surface area contributed by atoms with Gasteiger partial charge in [0.1, 0.15) is 6.04 Å². The molecule has 0 aliphatic carbocycles. The summed E-state index contributed by atoms with van der Waals surface area (Å²) in [5.74, 6) is -0.844. The molecule has 0 aliphatic rings. The Balaban J connectivity index is 2.73. The highest BCUT2D eigenvalue weighted by atomic mass is 16.4. The maximum Gasteiger partial charge on any atom is 0.320 e. The lowest BCUT2D eigenvalue weighted by Gasteiger charge is -2.16. The number of aliphatic carboxylic acids is 1. The summed E-state index contributed by atoms with van der Waals surface area (Å²) in [6, 6.07) is -0.565. The molecule has 0 saturated heterocycles. The van der Waals surface area contributed by atoms with Crippen LogP contribution >= 0.6 is 0 Å². The first-order valence-corrected chi connectivity index (χ1v) is 4.90. The molecule has 2 N–H and O–H groups in total. The average Bonchev–Trinajstić information content (AvgIpc) is 2.47. The van der Waals surface area contributed by atoms with Crippen molar-refractivity contribution in [2.24, 2.45) is 7.05 Å². The molecule has 84 valence electrons. The smallest absolute Gasteiger partial charge is 0.320 e. The van der Waals surface area contributed by atoms with Crippen molar-refractivity contribution in [3.63, 3.8) is 0 Å². The van der Waals surface area contributed by atoms with E-state index in [1.165, 1.54) is 0 Å². The Labute approximate surface area is 89.1 Å². The number of rotatable bonds is 4. The monoisotopic (exact) mass is 211 g/mol. The van der Waals surface area contributed by atoms with Crippen LogP contribution in [0.2, 0.25) is 0 Å². The second-order valence-corrected chi connectivity index (χ2v) is 3.76. The normalized spacial score (nSPS) is 14.9. The standard InChI is InChI=1S/C10H17N3O2/c1-6(12-7(2)10(14)15)9-5-11-13(4)8(9)3/h5-7,12H,1-4H3,(H,14,15). The first-order chi connectivity index (χ1) is 6.93. The first-order valence-electron chi connectivity index (χ1n) is 4.90. The lowest BCUT2D eigenvalue weighted by Crippen LogP contribution is -2.35. The molecule has 5 nitrogen and oxygen atoms in total. The highest BCUT2D eigenvalue weighted by molar-refractivity contribution is 5.72. The van der Waals surface area contributed by atoms with Crippen molar-refractivity contribution in [2.45, 2.75) is 32.9 Å². The van der Waals surface area contributed by atoms with Crippen LogP contribution in [0.4, 0.5) is 0 Å². The van der Waals surface area contributed by atoms with Crippen molar-refractivity contribution in [3.05, 3.63) is 17.5 Å². The van der Waals surface area contributed by atoms with Crippen molar-refractivity contribution in [2.75, 3.05) is 0 Å². The molecular weight excluding hydrogens is 194 g/mol. The molecule has 2 unspecified atom stereocenters. The summed E-state index contributed by atoms with van der Waals surface area (Å²) < 4.78 is 1.78. The van der Waals surface area contributed by atoms with E-state index in [9.17, 15) is 4.79 Å². The topological polar surface area (TPSA) is 67.2 Å². The minimum absolute atomic E-state index is 0.00944. The van der Waals surface area contributed by atoms with Crippen LogP contribution in [-0.2, 0) is 11.8 Å². The summed E-state index contributed by atoms with van der Waals surface area (Å²) in [6.07, 6.45) is 1.77. The summed E-state index contributed by atoms with van der Waals surface area (Å²) in [7, 11) is 1.87. The number of hydrogen-bond donors (Lipinski definition) is 2. The molecule has 15 heavy (non-hydrogen) atoms. The third kappa shape index (κ3) is 2.56. The van der Waals surface area contributed by atoms with Gasteiger partial charge in [0, 0.05) is 24.3 Å². The van der Waals surface area contributed by atoms with E-state index in [1.54, 1.807) is 17.8 Å². The maximum atomic E-state index is 10.7. The Hall–Kier alpha value is -1.36. The minimum Gasteiger partial charge on any atom is -0.480 e. The zero-order valence-corrected chi connectivity index (χ0v) is 9.48. The largest absolute Gasteiger partial charge is 0.480 e. The fraction of sp³-hybridized carbons (Fsp3) is 0.600. The van der Waals surface area contributed by atoms with E-state index in [1.807, 2.05) is 20.9 Å². The minimum atomic E-state index is -0.844. The van der Waals surface area contributed by atoms with E-state index in [0.717, 1.165) is 11.3 Å². The Morgan fingerprint density at radius 3 is 2.60 bits per heavy atom. The van der Waals surface area contributed by atoms with E-state index in [0.29, 0.717) is 0 Å². The lowest BCUT2D eigenvalue weighted by atomic mass is 10.1. The van der Waals surface area contributed by atoms with Crippen LogP contribution in [0.15, 0.2) is 6.20 Å². The summed E-state index contributed by atoms with van der Waals surface area (Å²) in [5, 5.41) is 15.9. The van der Waals surface area contributed by atoms with Gasteiger partial charge in [0.25, 0.3) is 0 Å². The second-order valence-electron chi connectivity index (χ2n) is 3.76. The van der Waals surface area contributed by atoms with Gasteiger partial charge in [-0.15, -0.1) is 0 Å². The van der Waals surface area contributed by atoms with Crippen molar-refractivity contribution >= 4 is 5.97 Å². The molecule has 0 aromatic carbocycles. The predicted molar refractivity (Wildman–Crippen MR) is 56.6 cm³/mol. The van der Waals surface area contributed by atoms with Gasteiger partial charge in [-0.05, 0) is 20.8 Å². The van der Waals surface area contributed by atoms with Crippen LogP contribution in [0.3, 0.4) is 0 Å². The molecule has 0 spiro atoms. The van der Waals surface area contributed by atoms with Gasteiger partial charge in [-0.25, -0.2) is 0 Å². The van der Waals surface area contributed by atoms with E-state index in [2.05, 4.69) is 10.4 Å². The molecule has 0 aliphatic heterocycles. The highest BCUT2D eigenvalue weighted by Crippen LogP contribution is 2.16. The number of carboxylic acids is 1. The van der Waals surface area contributed by atoms with Crippen molar-refractivity contribution in [1.29, 1.82) is 0 Å². The van der Waals surface area contributed by atoms with Gasteiger partial charge in [0.15, 0.2) is 0 Å². The number of carbonyl (C=O) groups is 1. The highest BCUT2D eigenvalue weighted by Gasteiger charge is 2.17. The fourth-order valence-corrected chi connectivity index (χ4v) is 1.48. The van der Waals surface area contributed by atoms with E-state index < -0.39 is 12.0 Å². The van der Waals surface area contributed by atoms with Crippen LogP contribution in [0.25, 0.3) is 0 Å². The van der Waals surface area contributed by atoms with Gasteiger partial charge in [-0.3, -0.25) is 14.8 Å². The number of aryl methyl sites for hydroxylation is 1. The Bertz CT molecular complexity index is 360. The molecule has 0 bridgehead atoms. The molecule has 1 aromatic heterocycles. The van der Waals surface area contributed by atoms with Gasteiger partial charge >= 0.3 is 5.97 Å². The number of carboxylic acid groups (broad SMARTS) is 1. The third-order valence-electron chi connectivity index (χ3n) is 2.61. The molecule has 5 heteroatoms. The van der Waals surface area contributed by atoms with Gasteiger partial charge < -0.3 is 5.11 Å². The quantitative estimate of drug-likeness (QED) is 0.775. The Morgan fingerprint density at radius 1 is 1.60 bits per heavy atom. The molecule has 1 rings (SSSR count). The van der Waals surface area contributed by atoms with Gasteiger partial charge in [0.05, 0.1) is 6.20 Å². The number of nitrogens with one attached hydrogen (secondary N) is 1. The van der Waals surface area contributed by atoms with Gasteiger partial charge in [0.2, 0.25) is 0 Å². The maximum absolute atomic E-state index is 10.7. The number of aromatic nitrogens is 2. The van der Waals surface area contributed by atoms with Crippen LogP contribution in [0.5, 0.6) is 0 Å². The molecular formula is C10H17N3O2. The van der Waals surface area contributed by atoms with Gasteiger partial charge in [-0.1, -0.05) is 0 Å². The zero-order chi connectivity index (χ0) is 11.6. The molecule has 0 saturated carbocycles.